The molecule has 0 spiro atoms. The van der Waals surface area contributed by atoms with Crippen LogP contribution in [0.2, 0.25) is 0 Å². The quantitative estimate of drug-likeness (QED) is 0.521. The number of carbonyl (C=O) groups is 1. The zero-order chi connectivity index (χ0) is 23.4. The van der Waals surface area contributed by atoms with Gasteiger partial charge in [-0.1, -0.05) is 23.9 Å². The highest BCUT2D eigenvalue weighted by molar-refractivity contribution is 8.00. The summed E-state index contributed by atoms with van der Waals surface area (Å²) in [4.78, 5) is 24.7. The van der Waals surface area contributed by atoms with E-state index in [2.05, 4.69) is 24.1 Å². The highest BCUT2D eigenvalue weighted by atomic mass is 32.2. The smallest absolute Gasteiger partial charge is 0.234 e. The first-order chi connectivity index (χ1) is 16.0. The first kappa shape index (κ1) is 23.1. The van der Waals surface area contributed by atoms with Gasteiger partial charge < -0.3 is 24.4 Å². The number of methoxy groups -OCH3 is 2. The predicted octanol–water partition coefficient (Wildman–Crippen LogP) is 3.99. The fourth-order valence-electron chi connectivity index (χ4n) is 3.85. The van der Waals surface area contributed by atoms with Crippen molar-refractivity contribution < 1.29 is 19.0 Å². The number of anilines is 2. The number of nitrogens with zero attached hydrogens (tertiary/aromatic N) is 3. The number of rotatable bonds is 7. The summed E-state index contributed by atoms with van der Waals surface area (Å²) in [5.41, 5.74) is 2.22. The molecule has 0 bridgehead atoms. The Morgan fingerprint density at radius 2 is 1.79 bits per heavy atom. The lowest BCUT2D eigenvalue weighted by atomic mass is 10.2. The van der Waals surface area contributed by atoms with Crippen LogP contribution in [-0.2, 0) is 9.53 Å². The zero-order valence-corrected chi connectivity index (χ0v) is 20.0. The van der Waals surface area contributed by atoms with E-state index in [-0.39, 0.29) is 23.9 Å². The molecule has 0 radical (unpaired) electrons. The molecule has 174 valence electrons. The Balaban J connectivity index is 1.54. The summed E-state index contributed by atoms with van der Waals surface area (Å²) < 4.78 is 16.5. The number of fused-ring (bicyclic) bond motifs is 1. The number of para-hydroxylation sites is 2. The number of ether oxygens (including phenoxy) is 3. The van der Waals surface area contributed by atoms with E-state index in [0.29, 0.717) is 17.2 Å². The van der Waals surface area contributed by atoms with Crippen molar-refractivity contribution in [2.24, 2.45) is 0 Å². The lowest BCUT2D eigenvalue weighted by molar-refractivity contribution is -0.113. The molecule has 3 aromatic rings. The third kappa shape index (κ3) is 5.48. The molecule has 1 aromatic heterocycles. The first-order valence-electron chi connectivity index (χ1n) is 10.8. The van der Waals surface area contributed by atoms with Crippen molar-refractivity contribution in [3.63, 3.8) is 0 Å². The van der Waals surface area contributed by atoms with E-state index in [4.69, 9.17) is 24.2 Å². The molecule has 1 aliphatic heterocycles. The summed E-state index contributed by atoms with van der Waals surface area (Å²) in [5, 5.41) is 3.64. The summed E-state index contributed by atoms with van der Waals surface area (Å²) >= 11 is 1.37. The largest absolute Gasteiger partial charge is 0.497 e. The van der Waals surface area contributed by atoms with E-state index in [1.807, 2.05) is 24.3 Å². The standard InChI is InChI=1S/C24H28N4O4S/c1-15-12-28(13-16(2)32-15)23-24(27-19-8-6-5-7-18(19)26-23)33-14-22(29)25-20-10-9-17(30-3)11-21(20)31-4/h5-11,15-16H,12-14H2,1-4H3,(H,25,29). The van der Waals surface area contributed by atoms with E-state index in [1.54, 1.807) is 32.4 Å². The molecular formula is C24H28N4O4S. The van der Waals surface area contributed by atoms with Crippen molar-refractivity contribution in [1.82, 2.24) is 9.97 Å². The number of hydrogen-bond donors (Lipinski definition) is 1. The summed E-state index contributed by atoms with van der Waals surface area (Å²) in [6.45, 7) is 5.56. The molecule has 2 aromatic carbocycles. The number of hydrogen-bond acceptors (Lipinski definition) is 8. The number of benzene rings is 2. The Hall–Kier alpha value is -3.04. The number of carbonyl (C=O) groups excluding carboxylic acids is 1. The van der Waals surface area contributed by atoms with Gasteiger partial charge in [-0.15, -0.1) is 0 Å². The van der Waals surface area contributed by atoms with Gasteiger partial charge in [-0.25, -0.2) is 9.97 Å². The molecule has 1 N–H and O–H groups in total. The topological polar surface area (TPSA) is 85.8 Å². The first-order valence-corrected chi connectivity index (χ1v) is 11.8. The monoisotopic (exact) mass is 468 g/mol. The minimum atomic E-state index is -0.159. The predicted molar refractivity (Wildman–Crippen MR) is 131 cm³/mol. The second kappa shape index (κ2) is 10.3. The highest BCUT2D eigenvalue weighted by Gasteiger charge is 2.26. The normalized spacial score (nSPS) is 18.2. The summed E-state index contributed by atoms with van der Waals surface area (Å²) in [6.07, 6.45) is 0.177. The molecule has 1 amide bonds. The maximum atomic E-state index is 12.8. The summed E-state index contributed by atoms with van der Waals surface area (Å²) in [7, 11) is 3.14. The molecule has 4 rings (SSSR count). The molecule has 9 heteroatoms. The van der Waals surface area contributed by atoms with Crippen molar-refractivity contribution in [3.8, 4) is 11.5 Å². The Labute approximate surface area is 197 Å². The van der Waals surface area contributed by atoms with E-state index in [9.17, 15) is 4.79 Å². The molecule has 33 heavy (non-hydrogen) atoms. The van der Waals surface area contributed by atoms with E-state index in [0.717, 1.165) is 35.0 Å². The molecule has 0 saturated carbocycles. The fourth-order valence-corrected chi connectivity index (χ4v) is 4.66. The molecule has 2 atom stereocenters. The second-order valence-corrected chi connectivity index (χ2v) is 8.87. The van der Waals surface area contributed by atoms with Gasteiger partial charge in [0.1, 0.15) is 16.5 Å². The van der Waals surface area contributed by atoms with Gasteiger partial charge in [0.15, 0.2) is 5.82 Å². The van der Waals surface area contributed by atoms with Crippen LogP contribution in [0, 0.1) is 0 Å². The summed E-state index contributed by atoms with van der Waals surface area (Å²) in [5.74, 6) is 2.01. The number of morpholine rings is 1. The average molecular weight is 469 g/mol. The van der Waals surface area contributed by atoms with Crippen LogP contribution in [0.15, 0.2) is 47.5 Å². The third-order valence-corrected chi connectivity index (χ3v) is 6.22. The lowest BCUT2D eigenvalue weighted by Crippen LogP contribution is -2.46. The molecule has 2 unspecified atom stereocenters. The lowest BCUT2D eigenvalue weighted by Gasteiger charge is -2.36. The average Bonchev–Trinajstić information content (AvgIpc) is 2.81. The molecule has 1 fully saturated rings. The molecule has 1 aliphatic rings. The second-order valence-electron chi connectivity index (χ2n) is 7.91. The van der Waals surface area contributed by atoms with E-state index < -0.39 is 0 Å². The van der Waals surface area contributed by atoms with Crippen LogP contribution in [0.25, 0.3) is 11.0 Å². The van der Waals surface area contributed by atoms with Crippen LogP contribution in [0.1, 0.15) is 13.8 Å². The minimum Gasteiger partial charge on any atom is -0.497 e. The summed E-state index contributed by atoms with van der Waals surface area (Å²) in [6, 6.07) is 13.0. The highest BCUT2D eigenvalue weighted by Crippen LogP contribution is 2.32. The van der Waals surface area contributed by atoms with E-state index >= 15 is 0 Å². The Morgan fingerprint density at radius 1 is 1.09 bits per heavy atom. The molecule has 0 aliphatic carbocycles. The Bertz CT molecular complexity index is 1130. The zero-order valence-electron chi connectivity index (χ0n) is 19.2. The van der Waals surface area contributed by atoms with Crippen LogP contribution in [0.4, 0.5) is 11.5 Å². The Morgan fingerprint density at radius 3 is 2.45 bits per heavy atom. The van der Waals surface area contributed by atoms with Crippen molar-refractivity contribution in [2.75, 3.05) is 43.3 Å². The van der Waals surface area contributed by atoms with Gasteiger partial charge in [0, 0.05) is 19.2 Å². The van der Waals surface area contributed by atoms with Crippen LogP contribution in [0.5, 0.6) is 11.5 Å². The number of amides is 1. The van der Waals surface area contributed by atoms with Gasteiger partial charge in [-0.2, -0.15) is 0 Å². The number of thioether (sulfide) groups is 1. The van der Waals surface area contributed by atoms with Crippen LogP contribution >= 0.6 is 11.8 Å². The van der Waals surface area contributed by atoms with Gasteiger partial charge in [-0.05, 0) is 38.1 Å². The van der Waals surface area contributed by atoms with Crippen molar-refractivity contribution in [2.45, 2.75) is 31.1 Å². The minimum absolute atomic E-state index is 0.0886. The van der Waals surface area contributed by atoms with Crippen LogP contribution in [-0.4, -0.2) is 61.1 Å². The number of nitrogens with one attached hydrogen (secondary N) is 1. The third-order valence-electron chi connectivity index (χ3n) is 5.26. The van der Waals surface area contributed by atoms with Crippen molar-refractivity contribution in [3.05, 3.63) is 42.5 Å². The van der Waals surface area contributed by atoms with Gasteiger partial charge in [0.2, 0.25) is 5.91 Å². The van der Waals surface area contributed by atoms with Gasteiger partial charge >= 0.3 is 0 Å². The SMILES string of the molecule is COc1ccc(NC(=O)CSc2nc3ccccc3nc2N2CC(C)OC(C)C2)c(OC)c1. The van der Waals surface area contributed by atoms with Crippen LogP contribution in [0.3, 0.4) is 0 Å². The Kier molecular flexibility index (Phi) is 7.20. The van der Waals surface area contributed by atoms with Gasteiger partial charge in [-0.3, -0.25) is 4.79 Å². The molecular weight excluding hydrogens is 440 g/mol. The van der Waals surface area contributed by atoms with Crippen molar-refractivity contribution >= 4 is 40.2 Å². The number of aromatic nitrogens is 2. The van der Waals surface area contributed by atoms with Gasteiger partial charge in [0.25, 0.3) is 0 Å². The maximum Gasteiger partial charge on any atom is 0.234 e. The molecule has 1 saturated heterocycles. The van der Waals surface area contributed by atoms with Crippen LogP contribution < -0.4 is 19.7 Å². The fraction of sp³-hybridized carbons (Fsp3) is 0.375. The van der Waals surface area contributed by atoms with Gasteiger partial charge in [0.05, 0.1) is 48.9 Å². The van der Waals surface area contributed by atoms with Crippen molar-refractivity contribution in [1.29, 1.82) is 0 Å². The molecule has 2 heterocycles. The van der Waals surface area contributed by atoms with E-state index in [1.165, 1.54) is 11.8 Å². The molecule has 8 nitrogen and oxygen atoms in total. The maximum absolute atomic E-state index is 12.8.